The minimum absolute atomic E-state index is 0.143. The number of pyridine rings is 1. The third-order valence-electron chi connectivity index (χ3n) is 3.10. The van der Waals surface area contributed by atoms with Crippen molar-refractivity contribution in [3.8, 4) is 0 Å². The van der Waals surface area contributed by atoms with Crippen LogP contribution in [0.1, 0.15) is 19.9 Å². The molecule has 106 valence electrons. The summed E-state index contributed by atoms with van der Waals surface area (Å²) >= 11 is 5.94. The van der Waals surface area contributed by atoms with E-state index in [0.29, 0.717) is 21.5 Å². The minimum atomic E-state index is -0.373. The second-order valence-corrected chi connectivity index (χ2v) is 5.01. The molecule has 0 saturated carbocycles. The van der Waals surface area contributed by atoms with Gasteiger partial charge >= 0.3 is 5.97 Å². The van der Waals surface area contributed by atoms with Crippen molar-refractivity contribution in [2.75, 3.05) is 12.3 Å². The fourth-order valence-corrected chi connectivity index (χ4v) is 2.17. The number of hydrogen-bond donors (Lipinski definition) is 1. The molecule has 1 aromatic carbocycles. The second kappa shape index (κ2) is 5.54. The number of nitrogen functional groups attached to an aromatic ring is 1. The van der Waals surface area contributed by atoms with Gasteiger partial charge in [0.1, 0.15) is 6.61 Å². The molecule has 0 aliphatic carbocycles. The van der Waals surface area contributed by atoms with Crippen molar-refractivity contribution in [3.63, 3.8) is 0 Å². The normalized spacial score (nSPS) is 12.3. The number of nitrogens with two attached hydrogens (primary N) is 1. The highest BCUT2D eigenvalue weighted by Crippen LogP contribution is 2.26. The Bertz CT molecular complexity index is 724. The molecule has 0 spiro atoms. The van der Waals surface area contributed by atoms with Crippen molar-refractivity contribution in [2.45, 2.75) is 19.9 Å². The number of carbonyl (C=O) groups excluding carboxylic acids is 1. The quantitative estimate of drug-likeness (QED) is 0.696. The van der Waals surface area contributed by atoms with Crippen LogP contribution in [0, 0.1) is 0 Å². The van der Waals surface area contributed by atoms with Gasteiger partial charge in [-0.3, -0.25) is 9.59 Å². The smallest absolute Gasteiger partial charge is 0.302 e. The molecule has 20 heavy (non-hydrogen) atoms. The van der Waals surface area contributed by atoms with Gasteiger partial charge in [-0.2, -0.15) is 0 Å². The number of halogens is 1. The summed E-state index contributed by atoms with van der Waals surface area (Å²) in [5.74, 6) is -0.373. The van der Waals surface area contributed by atoms with E-state index in [0.717, 1.165) is 0 Å². The van der Waals surface area contributed by atoms with Crippen LogP contribution in [-0.4, -0.2) is 17.1 Å². The molecule has 2 rings (SSSR count). The molecule has 0 unspecified atom stereocenters. The Kier molecular flexibility index (Phi) is 3.99. The monoisotopic (exact) mass is 294 g/mol. The Balaban J connectivity index is 2.47. The number of benzene rings is 1. The molecule has 0 aliphatic rings. The van der Waals surface area contributed by atoms with E-state index < -0.39 is 0 Å². The van der Waals surface area contributed by atoms with Crippen LogP contribution in [0.25, 0.3) is 10.8 Å². The Morgan fingerprint density at radius 2 is 2.10 bits per heavy atom. The van der Waals surface area contributed by atoms with Crippen molar-refractivity contribution >= 4 is 34.0 Å². The Morgan fingerprint density at radius 1 is 1.40 bits per heavy atom. The average molecular weight is 295 g/mol. The molecule has 0 bridgehead atoms. The lowest BCUT2D eigenvalue weighted by atomic mass is 10.1. The van der Waals surface area contributed by atoms with Crippen molar-refractivity contribution in [1.29, 1.82) is 0 Å². The summed E-state index contributed by atoms with van der Waals surface area (Å²) < 4.78 is 6.44. The fourth-order valence-electron chi connectivity index (χ4n) is 2.00. The molecule has 0 amide bonds. The number of rotatable bonds is 3. The maximum absolute atomic E-state index is 12.4. The van der Waals surface area contributed by atoms with Gasteiger partial charge in [0.05, 0.1) is 16.8 Å². The maximum atomic E-state index is 12.4. The van der Waals surface area contributed by atoms with E-state index in [1.165, 1.54) is 11.5 Å². The Hall–Kier alpha value is -2.01. The molecule has 6 heteroatoms. The summed E-state index contributed by atoms with van der Waals surface area (Å²) in [6.07, 6.45) is 1.63. The molecule has 1 atom stereocenters. The van der Waals surface area contributed by atoms with E-state index in [9.17, 15) is 9.59 Å². The van der Waals surface area contributed by atoms with Gasteiger partial charge in [-0.05, 0) is 25.1 Å². The lowest BCUT2D eigenvalue weighted by Crippen LogP contribution is -2.26. The molecule has 1 heterocycles. The van der Waals surface area contributed by atoms with Crippen LogP contribution in [0.5, 0.6) is 0 Å². The standard InChI is InChI=1S/C14H15ClN2O3/c1-8(7-20-9(2)18)17-6-5-10-11(14(17)19)3-4-12(15)13(10)16/h3-6,8H,7,16H2,1-2H3/t8-/m1/s1. The van der Waals surface area contributed by atoms with E-state index in [1.807, 2.05) is 0 Å². The summed E-state index contributed by atoms with van der Waals surface area (Å²) in [7, 11) is 0. The first-order chi connectivity index (χ1) is 9.41. The number of hydrogen-bond acceptors (Lipinski definition) is 4. The zero-order chi connectivity index (χ0) is 14.9. The van der Waals surface area contributed by atoms with Crippen LogP contribution in [-0.2, 0) is 9.53 Å². The molecule has 1 aromatic heterocycles. The van der Waals surface area contributed by atoms with Crippen LogP contribution < -0.4 is 11.3 Å². The third kappa shape index (κ3) is 2.63. The summed E-state index contributed by atoms with van der Waals surface area (Å²) in [5.41, 5.74) is 6.06. The van der Waals surface area contributed by atoms with E-state index in [-0.39, 0.29) is 24.2 Å². The lowest BCUT2D eigenvalue weighted by molar-refractivity contribution is -0.141. The number of nitrogens with zero attached hydrogens (tertiary/aromatic N) is 1. The van der Waals surface area contributed by atoms with Crippen molar-refractivity contribution in [3.05, 3.63) is 39.8 Å². The summed E-state index contributed by atoms with van der Waals surface area (Å²) in [6.45, 7) is 3.28. The summed E-state index contributed by atoms with van der Waals surface area (Å²) in [5, 5.41) is 1.53. The average Bonchev–Trinajstić information content (AvgIpc) is 2.41. The molecule has 2 aromatic rings. The number of esters is 1. The first-order valence-corrected chi connectivity index (χ1v) is 6.51. The molecule has 5 nitrogen and oxygen atoms in total. The number of fused-ring (bicyclic) bond motifs is 1. The number of anilines is 1. The Labute approximate surface area is 120 Å². The van der Waals surface area contributed by atoms with Crippen molar-refractivity contribution < 1.29 is 9.53 Å². The number of aromatic nitrogens is 1. The number of ether oxygens (including phenoxy) is 1. The van der Waals surface area contributed by atoms with E-state index in [1.54, 1.807) is 31.3 Å². The zero-order valence-corrected chi connectivity index (χ0v) is 12.0. The highest BCUT2D eigenvalue weighted by molar-refractivity contribution is 6.34. The molecule has 2 N–H and O–H groups in total. The van der Waals surface area contributed by atoms with E-state index >= 15 is 0 Å². The summed E-state index contributed by atoms with van der Waals surface area (Å²) in [6, 6.07) is 4.72. The third-order valence-corrected chi connectivity index (χ3v) is 3.43. The van der Waals surface area contributed by atoms with Crippen molar-refractivity contribution in [2.24, 2.45) is 0 Å². The van der Waals surface area contributed by atoms with Gasteiger partial charge in [-0.15, -0.1) is 0 Å². The zero-order valence-electron chi connectivity index (χ0n) is 11.2. The van der Waals surface area contributed by atoms with Gasteiger partial charge in [0, 0.05) is 23.9 Å². The van der Waals surface area contributed by atoms with Gasteiger partial charge in [0.15, 0.2) is 0 Å². The van der Waals surface area contributed by atoms with E-state index in [2.05, 4.69) is 0 Å². The van der Waals surface area contributed by atoms with Crippen LogP contribution >= 0.6 is 11.6 Å². The largest absolute Gasteiger partial charge is 0.464 e. The first-order valence-electron chi connectivity index (χ1n) is 6.14. The van der Waals surface area contributed by atoms with Gasteiger partial charge in [-0.25, -0.2) is 0 Å². The molecule has 0 radical (unpaired) electrons. The van der Waals surface area contributed by atoms with Crippen LogP contribution in [0.2, 0.25) is 5.02 Å². The van der Waals surface area contributed by atoms with Crippen LogP contribution in [0.4, 0.5) is 5.69 Å². The highest BCUT2D eigenvalue weighted by Gasteiger charge is 2.12. The van der Waals surface area contributed by atoms with Crippen LogP contribution in [0.3, 0.4) is 0 Å². The second-order valence-electron chi connectivity index (χ2n) is 4.60. The highest BCUT2D eigenvalue weighted by atomic mass is 35.5. The summed E-state index contributed by atoms with van der Waals surface area (Å²) in [4.78, 5) is 23.2. The molecular formula is C14H15ClN2O3. The molecule has 0 fully saturated rings. The lowest BCUT2D eigenvalue weighted by Gasteiger charge is -2.16. The molecule has 0 aliphatic heterocycles. The van der Waals surface area contributed by atoms with Crippen LogP contribution in [0.15, 0.2) is 29.2 Å². The topological polar surface area (TPSA) is 74.3 Å². The molecular weight excluding hydrogens is 280 g/mol. The predicted molar refractivity (Wildman–Crippen MR) is 79.0 cm³/mol. The van der Waals surface area contributed by atoms with Crippen molar-refractivity contribution in [1.82, 2.24) is 4.57 Å². The number of carbonyl (C=O) groups is 1. The fraction of sp³-hybridized carbons (Fsp3) is 0.286. The van der Waals surface area contributed by atoms with Gasteiger partial charge in [0.2, 0.25) is 0 Å². The van der Waals surface area contributed by atoms with Gasteiger partial charge < -0.3 is 15.0 Å². The minimum Gasteiger partial charge on any atom is -0.464 e. The SMILES string of the molecule is CC(=O)OC[C@@H](C)n1ccc2c(N)c(Cl)ccc2c1=O. The Morgan fingerprint density at radius 3 is 2.75 bits per heavy atom. The van der Waals surface area contributed by atoms with Gasteiger partial charge in [0.25, 0.3) is 5.56 Å². The predicted octanol–water partition coefficient (Wildman–Crippen LogP) is 2.36. The first kappa shape index (κ1) is 14.4. The maximum Gasteiger partial charge on any atom is 0.302 e. The van der Waals surface area contributed by atoms with Gasteiger partial charge in [-0.1, -0.05) is 11.6 Å². The molecule has 0 saturated heterocycles. The van der Waals surface area contributed by atoms with E-state index in [4.69, 9.17) is 22.1 Å².